The molecule has 0 bridgehead atoms. The van der Waals surface area contributed by atoms with Crippen LogP contribution in [-0.4, -0.2) is 23.3 Å². The number of pyridine rings is 1. The molecule has 128 valence electrons. The van der Waals surface area contributed by atoms with Crippen LogP contribution in [0, 0.1) is 11.8 Å². The Bertz CT molecular complexity index is 856. The molecule has 1 aromatic carbocycles. The summed E-state index contributed by atoms with van der Waals surface area (Å²) in [7, 11) is 0. The average molecular weight is 335 g/mol. The standard InChI is InChI=1S/C20H19N3O2.H2/c1-2-20(25)23-11-9-17-12-15(5-7-18(17)23)6-8-19(24)22-14-16-4-3-10-21-13-16;/h3-5,7,10,12-13H,2,9,11,14H2,1H3,(H,22,24);1H. The Labute approximate surface area is 148 Å². The fourth-order valence-electron chi connectivity index (χ4n) is 2.79. The van der Waals surface area contributed by atoms with Crippen LogP contribution >= 0.6 is 0 Å². The van der Waals surface area contributed by atoms with Crippen LogP contribution in [0.4, 0.5) is 5.69 Å². The number of amides is 2. The van der Waals surface area contributed by atoms with Gasteiger partial charge in [-0.25, -0.2) is 0 Å². The van der Waals surface area contributed by atoms with E-state index in [4.69, 9.17) is 0 Å². The van der Waals surface area contributed by atoms with Gasteiger partial charge in [0.05, 0.1) is 0 Å². The molecule has 0 radical (unpaired) electrons. The van der Waals surface area contributed by atoms with Crippen LogP contribution in [0.25, 0.3) is 0 Å². The van der Waals surface area contributed by atoms with Crippen molar-refractivity contribution in [1.29, 1.82) is 0 Å². The van der Waals surface area contributed by atoms with Gasteiger partial charge in [0.1, 0.15) is 0 Å². The minimum Gasteiger partial charge on any atom is -0.341 e. The van der Waals surface area contributed by atoms with E-state index in [1.807, 2.05) is 42.2 Å². The highest BCUT2D eigenvalue weighted by Gasteiger charge is 2.23. The summed E-state index contributed by atoms with van der Waals surface area (Å²) in [6.45, 7) is 2.98. The number of nitrogens with zero attached hydrogens (tertiary/aromatic N) is 2. The van der Waals surface area contributed by atoms with E-state index in [0.717, 1.165) is 28.8 Å². The molecule has 2 aromatic rings. The summed E-state index contributed by atoms with van der Waals surface area (Å²) in [5.74, 6) is 5.30. The van der Waals surface area contributed by atoms with E-state index in [9.17, 15) is 9.59 Å². The second kappa shape index (κ2) is 7.63. The van der Waals surface area contributed by atoms with E-state index in [-0.39, 0.29) is 13.2 Å². The number of anilines is 1. The van der Waals surface area contributed by atoms with Crippen LogP contribution in [0.2, 0.25) is 0 Å². The highest BCUT2D eigenvalue weighted by atomic mass is 16.2. The predicted molar refractivity (Wildman–Crippen MR) is 97.9 cm³/mol. The molecule has 0 unspecified atom stereocenters. The van der Waals surface area contributed by atoms with Gasteiger partial charge >= 0.3 is 0 Å². The van der Waals surface area contributed by atoms with E-state index >= 15 is 0 Å². The zero-order valence-corrected chi connectivity index (χ0v) is 14.1. The molecule has 0 aliphatic carbocycles. The molecule has 2 amide bonds. The molecule has 3 rings (SSSR count). The highest BCUT2D eigenvalue weighted by Crippen LogP contribution is 2.29. The zero-order valence-electron chi connectivity index (χ0n) is 14.1. The number of hydrogen-bond acceptors (Lipinski definition) is 3. The summed E-state index contributed by atoms with van der Waals surface area (Å²) in [6, 6.07) is 9.43. The van der Waals surface area contributed by atoms with Gasteiger partial charge < -0.3 is 10.2 Å². The lowest BCUT2D eigenvalue weighted by Crippen LogP contribution is -2.27. The van der Waals surface area contributed by atoms with Gasteiger partial charge in [-0.15, -0.1) is 0 Å². The van der Waals surface area contributed by atoms with Crippen LogP contribution in [0.3, 0.4) is 0 Å². The maximum absolute atomic E-state index is 11.9. The topological polar surface area (TPSA) is 62.3 Å². The van der Waals surface area contributed by atoms with Crippen molar-refractivity contribution >= 4 is 17.5 Å². The number of rotatable bonds is 3. The first kappa shape index (κ1) is 16.7. The molecule has 1 aliphatic heterocycles. The molecule has 0 saturated carbocycles. The lowest BCUT2D eigenvalue weighted by atomic mass is 10.1. The second-order valence-corrected chi connectivity index (χ2v) is 5.79. The monoisotopic (exact) mass is 335 g/mol. The molecule has 0 atom stereocenters. The Morgan fingerprint density at radius 1 is 1.36 bits per heavy atom. The van der Waals surface area contributed by atoms with Crippen LogP contribution in [0.5, 0.6) is 0 Å². The summed E-state index contributed by atoms with van der Waals surface area (Å²) in [4.78, 5) is 29.6. The fourth-order valence-corrected chi connectivity index (χ4v) is 2.79. The summed E-state index contributed by atoms with van der Waals surface area (Å²) in [5, 5.41) is 2.75. The van der Waals surface area contributed by atoms with Gasteiger partial charge in [-0.05, 0) is 41.8 Å². The number of aromatic nitrogens is 1. The van der Waals surface area contributed by atoms with Crippen molar-refractivity contribution in [1.82, 2.24) is 10.3 Å². The molecule has 5 nitrogen and oxygen atoms in total. The van der Waals surface area contributed by atoms with Crippen molar-refractivity contribution < 1.29 is 11.0 Å². The summed E-state index contributed by atoms with van der Waals surface area (Å²) in [6.07, 6.45) is 4.72. The first-order valence-corrected chi connectivity index (χ1v) is 8.29. The molecule has 0 saturated heterocycles. The largest absolute Gasteiger partial charge is 0.341 e. The zero-order chi connectivity index (χ0) is 17.6. The lowest BCUT2D eigenvalue weighted by Gasteiger charge is -2.16. The van der Waals surface area contributed by atoms with Crippen molar-refractivity contribution in [3.8, 4) is 11.8 Å². The number of benzene rings is 1. The molecular weight excluding hydrogens is 314 g/mol. The number of carbonyl (C=O) groups is 2. The van der Waals surface area contributed by atoms with E-state index in [2.05, 4.69) is 22.1 Å². The van der Waals surface area contributed by atoms with Gasteiger partial charge in [0.15, 0.2) is 0 Å². The molecule has 5 heteroatoms. The van der Waals surface area contributed by atoms with Gasteiger partial charge in [0, 0.05) is 50.5 Å². The van der Waals surface area contributed by atoms with Gasteiger partial charge in [-0.3, -0.25) is 14.6 Å². The lowest BCUT2D eigenvalue weighted by molar-refractivity contribution is -0.118. The molecule has 2 heterocycles. The average Bonchev–Trinajstić information content (AvgIpc) is 3.08. The Balaban J connectivity index is 0.00000243. The number of hydrogen-bond donors (Lipinski definition) is 1. The van der Waals surface area contributed by atoms with Crippen LogP contribution in [-0.2, 0) is 22.6 Å². The van der Waals surface area contributed by atoms with Crippen molar-refractivity contribution in [2.24, 2.45) is 0 Å². The molecule has 1 N–H and O–H groups in total. The van der Waals surface area contributed by atoms with E-state index in [1.54, 1.807) is 12.4 Å². The van der Waals surface area contributed by atoms with Crippen molar-refractivity contribution in [2.45, 2.75) is 26.3 Å². The highest BCUT2D eigenvalue weighted by molar-refractivity contribution is 5.96. The Kier molecular flexibility index (Phi) is 5.10. The SMILES string of the molecule is CCC(=O)N1CCc2cc(C#CC(=O)NCc3cccnc3)ccc21.[HH]. The quantitative estimate of drug-likeness (QED) is 0.876. The van der Waals surface area contributed by atoms with Crippen molar-refractivity contribution in [3.63, 3.8) is 0 Å². The van der Waals surface area contributed by atoms with Gasteiger partial charge in [-0.2, -0.15) is 0 Å². The van der Waals surface area contributed by atoms with Gasteiger partial charge in [-0.1, -0.05) is 18.9 Å². The smallest absolute Gasteiger partial charge is 0.296 e. The minimum absolute atomic E-state index is 0. The fraction of sp³-hybridized carbons (Fsp3) is 0.250. The molecule has 0 fully saturated rings. The van der Waals surface area contributed by atoms with Crippen LogP contribution in [0.15, 0.2) is 42.7 Å². The summed E-state index contributed by atoms with van der Waals surface area (Å²) >= 11 is 0. The van der Waals surface area contributed by atoms with Crippen LogP contribution in [0.1, 0.15) is 31.5 Å². The minimum atomic E-state index is -0.327. The Hall–Kier alpha value is -3.13. The third-order valence-electron chi connectivity index (χ3n) is 4.07. The predicted octanol–water partition coefficient (Wildman–Crippen LogP) is 2.29. The Morgan fingerprint density at radius 2 is 2.24 bits per heavy atom. The van der Waals surface area contributed by atoms with E-state index < -0.39 is 0 Å². The van der Waals surface area contributed by atoms with Crippen molar-refractivity contribution in [3.05, 3.63) is 59.4 Å². The molecule has 1 aliphatic rings. The molecule has 0 spiro atoms. The summed E-state index contributed by atoms with van der Waals surface area (Å²) < 4.78 is 0. The maximum Gasteiger partial charge on any atom is 0.296 e. The van der Waals surface area contributed by atoms with Crippen LogP contribution < -0.4 is 10.2 Å². The third kappa shape index (κ3) is 4.04. The molecule has 25 heavy (non-hydrogen) atoms. The van der Waals surface area contributed by atoms with E-state index in [1.165, 1.54) is 0 Å². The number of carbonyl (C=O) groups excluding carboxylic acids is 2. The first-order chi connectivity index (χ1) is 12.2. The third-order valence-corrected chi connectivity index (χ3v) is 4.07. The molecule has 1 aromatic heterocycles. The summed E-state index contributed by atoms with van der Waals surface area (Å²) in [5.41, 5.74) is 3.76. The Morgan fingerprint density at radius 3 is 3.00 bits per heavy atom. The molecular formula is C20H21N3O2. The normalized spacial score (nSPS) is 12.1. The van der Waals surface area contributed by atoms with Gasteiger partial charge in [0.25, 0.3) is 5.91 Å². The maximum atomic E-state index is 11.9. The number of nitrogens with one attached hydrogen (secondary N) is 1. The van der Waals surface area contributed by atoms with Crippen molar-refractivity contribution in [2.75, 3.05) is 11.4 Å². The second-order valence-electron chi connectivity index (χ2n) is 5.79. The van der Waals surface area contributed by atoms with E-state index in [0.29, 0.717) is 19.5 Å². The first-order valence-electron chi connectivity index (χ1n) is 8.29. The van der Waals surface area contributed by atoms with Gasteiger partial charge in [0.2, 0.25) is 5.91 Å². The number of fused-ring (bicyclic) bond motifs is 1.